The van der Waals surface area contributed by atoms with Crippen molar-refractivity contribution < 1.29 is 14.6 Å². The van der Waals surface area contributed by atoms with E-state index in [9.17, 15) is 4.79 Å². The van der Waals surface area contributed by atoms with Gasteiger partial charge in [0.15, 0.2) is 5.75 Å². The number of carboxylic acids is 1. The highest BCUT2D eigenvalue weighted by Crippen LogP contribution is 2.34. The summed E-state index contributed by atoms with van der Waals surface area (Å²) in [7, 11) is 0. The second kappa shape index (κ2) is 3.98. The van der Waals surface area contributed by atoms with Gasteiger partial charge in [0.25, 0.3) is 0 Å². The SMILES string of the molecule is O=C(O)c1cc(Cl)cc2c1OCCCN2. The molecule has 80 valence electrons. The van der Waals surface area contributed by atoms with E-state index in [1.54, 1.807) is 6.07 Å². The largest absolute Gasteiger partial charge is 0.490 e. The summed E-state index contributed by atoms with van der Waals surface area (Å²) in [6.45, 7) is 1.27. The van der Waals surface area contributed by atoms with E-state index >= 15 is 0 Å². The number of hydrogen-bond donors (Lipinski definition) is 2. The van der Waals surface area contributed by atoms with Crippen LogP contribution < -0.4 is 10.1 Å². The molecule has 1 aromatic rings. The Morgan fingerprint density at radius 2 is 2.33 bits per heavy atom. The number of rotatable bonds is 1. The van der Waals surface area contributed by atoms with E-state index in [1.165, 1.54) is 6.07 Å². The first kappa shape index (κ1) is 10.1. The molecule has 1 aliphatic heterocycles. The molecule has 0 saturated heterocycles. The molecule has 4 nitrogen and oxygen atoms in total. The molecule has 0 aliphatic carbocycles. The maximum absolute atomic E-state index is 11.0. The molecule has 0 unspecified atom stereocenters. The topological polar surface area (TPSA) is 58.6 Å². The minimum Gasteiger partial charge on any atom is -0.490 e. The highest BCUT2D eigenvalue weighted by Gasteiger charge is 2.18. The number of nitrogens with one attached hydrogen (secondary N) is 1. The van der Waals surface area contributed by atoms with Crippen molar-refractivity contribution in [1.82, 2.24) is 0 Å². The van der Waals surface area contributed by atoms with Gasteiger partial charge in [-0.3, -0.25) is 0 Å². The van der Waals surface area contributed by atoms with E-state index in [2.05, 4.69) is 5.32 Å². The number of carbonyl (C=O) groups is 1. The van der Waals surface area contributed by atoms with Crippen molar-refractivity contribution in [2.45, 2.75) is 6.42 Å². The maximum Gasteiger partial charge on any atom is 0.339 e. The molecule has 1 aliphatic rings. The zero-order valence-corrected chi connectivity index (χ0v) is 8.67. The maximum atomic E-state index is 11.0. The molecule has 1 heterocycles. The lowest BCUT2D eigenvalue weighted by atomic mass is 10.1. The van der Waals surface area contributed by atoms with Gasteiger partial charge in [0, 0.05) is 11.6 Å². The monoisotopic (exact) mass is 227 g/mol. The molecule has 0 fully saturated rings. The average molecular weight is 228 g/mol. The molecule has 0 amide bonds. The fourth-order valence-corrected chi connectivity index (χ4v) is 1.73. The summed E-state index contributed by atoms with van der Waals surface area (Å²) in [6.07, 6.45) is 0.839. The fourth-order valence-electron chi connectivity index (χ4n) is 1.51. The molecule has 0 aromatic heterocycles. The van der Waals surface area contributed by atoms with Crippen LogP contribution >= 0.6 is 11.6 Å². The number of carboxylic acid groups (broad SMARTS) is 1. The second-order valence-corrected chi connectivity index (χ2v) is 3.70. The number of halogens is 1. The van der Waals surface area contributed by atoms with Crippen molar-refractivity contribution in [3.63, 3.8) is 0 Å². The number of anilines is 1. The Labute approximate surface area is 91.8 Å². The third kappa shape index (κ3) is 1.99. The quantitative estimate of drug-likeness (QED) is 0.773. The van der Waals surface area contributed by atoms with E-state index in [0.717, 1.165) is 13.0 Å². The lowest BCUT2D eigenvalue weighted by Gasteiger charge is -2.11. The molecular weight excluding hydrogens is 218 g/mol. The van der Waals surface area contributed by atoms with Gasteiger partial charge in [0.1, 0.15) is 5.56 Å². The Morgan fingerprint density at radius 3 is 3.07 bits per heavy atom. The minimum absolute atomic E-state index is 0.104. The van der Waals surface area contributed by atoms with Crippen LogP contribution in [-0.4, -0.2) is 24.2 Å². The molecule has 0 spiro atoms. The Morgan fingerprint density at radius 1 is 1.53 bits per heavy atom. The van der Waals surface area contributed by atoms with Gasteiger partial charge in [-0.05, 0) is 18.6 Å². The predicted octanol–water partition coefficient (Wildman–Crippen LogP) is 2.23. The van der Waals surface area contributed by atoms with Gasteiger partial charge in [-0.1, -0.05) is 11.6 Å². The van der Waals surface area contributed by atoms with Crippen molar-refractivity contribution in [3.8, 4) is 5.75 Å². The first-order valence-corrected chi connectivity index (χ1v) is 5.00. The third-order valence-electron chi connectivity index (χ3n) is 2.17. The van der Waals surface area contributed by atoms with E-state index in [-0.39, 0.29) is 5.56 Å². The molecule has 0 radical (unpaired) electrons. The zero-order chi connectivity index (χ0) is 10.8. The van der Waals surface area contributed by atoms with E-state index in [0.29, 0.717) is 23.1 Å². The Hall–Kier alpha value is -1.42. The summed E-state index contributed by atoms with van der Waals surface area (Å²) < 4.78 is 5.39. The summed E-state index contributed by atoms with van der Waals surface area (Å²) in [6, 6.07) is 3.07. The minimum atomic E-state index is -1.03. The molecule has 0 saturated carbocycles. The van der Waals surface area contributed by atoms with Gasteiger partial charge in [-0.15, -0.1) is 0 Å². The fraction of sp³-hybridized carbons (Fsp3) is 0.300. The highest BCUT2D eigenvalue weighted by atomic mass is 35.5. The molecule has 1 aromatic carbocycles. The molecule has 5 heteroatoms. The van der Waals surface area contributed by atoms with Crippen LogP contribution in [0.4, 0.5) is 5.69 Å². The van der Waals surface area contributed by atoms with Crippen LogP contribution in [0, 0.1) is 0 Å². The summed E-state index contributed by atoms with van der Waals surface area (Å²) in [5, 5.41) is 12.5. The number of ether oxygens (including phenoxy) is 1. The standard InChI is InChI=1S/C10H10ClNO3/c11-6-4-7(10(13)14)9-8(5-6)12-2-1-3-15-9/h4-5,12H,1-3H2,(H,13,14). The van der Waals surface area contributed by atoms with Crippen LogP contribution in [-0.2, 0) is 0 Å². The highest BCUT2D eigenvalue weighted by molar-refractivity contribution is 6.31. The zero-order valence-electron chi connectivity index (χ0n) is 7.92. The van der Waals surface area contributed by atoms with Gasteiger partial charge >= 0.3 is 5.97 Å². The lowest BCUT2D eigenvalue weighted by Crippen LogP contribution is -2.03. The number of fused-ring (bicyclic) bond motifs is 1. The van der Waals surface area contributed by atoms with Crippen LogP contribution in [0.25, 0.3) is 0 Å². The summed E-state index contributed by atoms with van der Waals surface area (Å²) in [5.74, 6) is -0.651. The van der Waals surface area contributed by atoms with Crippen molar-refractivity contribution in [2.75, 3.05) is 18.5 Å². The molecule has 2 rings (SSSR count). The van der Waals surface area contributed by atoms with E-state index in [4.69, 9.17) is 21.4 Å². The van der Waals surface area contributed by atoms with E-state index in [1.807, 2.05) is 0 Å². The summed E-state index contributed by atoms with van der Waals surface area (Å²) >= 11 is 5.82. The van der Waals surface area contributed by atoms with Crippen LogP contribution in [0.2, 0.25) is 5.02 Å². The van der Waals surface area contributed by atoms with Crippen LogP contribution in [0.15, 0.2) is 12.1 Å². The van der Waals surface area contributed by atoms with Gasteiger partial charge in [0.05, 0.1) is 12.3 Å². The van der Waals surface area contributed by atoms with Crippen molar-refractivity contribution in [1.29, 1.82) is 0 Å². The van der Waals surface area contributed by atoms with Crippen LogP contribution in [0.3, 0.4) is 0 Å². The van der Waals surface area contributed by atoms with Gasteiger partial charge in [0.2, 0.25) is 0 Å². The summed E-state index contributed by atoms with van der Waals surface area (Å²) in [4.78, 5) is 11.0. The molecule has 15 heavy (non-hydrogen) atoms. The molecule has 0 bridgehead atoms. The Bertz CT molecular complexity index is 406. The van der Waals surface area contributed by atoms with Crippen molar-refractivity contribution in [3.05, 3.63) is 22.7 Å². The van der Waals surface area contributed by atoms with Crippen molar-refractivity contribution >= 4 is 23.3 Å². The second-order valence-electron chi connectivity index (χ2n) is 3.26. The number of aromatic carboxylic acids is 1. The molecule has 2 N–H and O–H groups in total. The third-order valence-corrected chi connectivity index (χ3v) is 2.39. The first-order chi connectivity index (χ1) is 7.18. The van der Waals surface area contributed by atoms with Gasteiger partial charge < -0.3 is 15.2 Å². The smallest absolute Gasteiger partial charge is 0.339 e. The molecular formula is C10H10ClNO3. The van der Waals surface area contributed by atoms with Crippen LogP contribution in [0.5, 0.6) is 5.75 Å². The van der Waals surface area contributed by atoms with Crippen molar-refractivity contribution in [2.24, 2.45) is 0 Å². The van der Waals surface area contributed by atoms with Gasteiger partial charge in [-0.2, -0.15) is 0 Å². The number of benzene rings is 1. The lowest BCUT2D eigenvalue weighted by molar-refractivity contribution is 0.0692. The summed E-state index contributed by atoms with van der Waals surface area (Å²) in [5.41, 5.74) is 0.754. The van der Waals surface area contributed by atoms with E-state index < -0.39 is 5.97 Å². The predicted molar refractivity (Wildman–Crippen MR) is 57.0 cm³/mol. The average Bonchev–Trinajstić information content (AvgIpc) is 2.41. The first-order valence-electron chi connectivity index (χ1n) is 4.62. The van der Waals surface area contributed by atoms with Gasteiger partial charge in [-0.25, -0.2) is 4.79 Å². The Kier molecular flexibility index (Phi) is 2.68. The normalized spacial score (nSPS) is 14.5. The number of hydrogen-bond acceptors (Lipinski definition) is 3. The molecule has 0 atom stereocenters. The van der Waals surface area contributed by atoms with Crippen LogP contribution in [0.1, 0.15) is 16.8 Å². The Balaban J connectivity index is 2.54.